The number of hydrazone groups is 1. The molecule has 10 heteroatoms. The van der Waals surface area contributed by atoms with E-state index in [9.17, 15) is 24.1 Å². The molecule has 3 aromatic carbocycles. The number of halogens is 1. The van der Waals surface area contributed by atoms with E-state index in [4.69, 9.17) is 9.84 Å². The molecule has 2 amide bonds. The van der Waals surface area contributed by atoms with E-state index in [1.54, 1.807) is 53.5 Å². The van der Waals surface area contributed by atoms with Crippen LogP contribution in [0.15, 0.2) is 84.0 Å². The van der Waals surface area contributed by atoms with Gasteiger partial charge in [-0.05, 0) is 35.4 Å². The van der Waals surface area contributed by atoms with Crippen molar-refractivity contribution in [3.8, 4) is 0 Å². The Balaban J connectivity index is 1.67. The van der Waals surface area contributed by atoms with Crippen molar-refractivity contribution in [3.05, 3.63) is 106 Å². The van der Waals surface area contributed by atoms with Crippen molar-refractivity contribution in [2.45, 2.75) is 12.0 Å². The number of carbonyl (C=O) groups is 2. The molecule has 2 aliphatic rings. The molecule has 0 radical (unpaired) electrons. The van der Waals surface area contributed by atoms with Crippen molar-refractivity contribution in [3.63, 3.8) is 0 Å². The lowest BCUT2D eigenvalue weighted by molar-refractivity contribution is -0.384. The van der Waals surface area contributed by atoms with Crippen LogP contribution in [0.25, 0.3) is 0 Å². The molecular weight excluding hydrogens is 455 g/mol. The molecule has 0 aliphatic carbocycles. The fourth-order valence-electron chi connectivity index (χ4n) is 4.33. The van der Waals surface area contributed by atoms with Crippen LogP contribution in [0.2, 0.25) is 0 Å². The number of nitrogens with zero attached hydrogens (tertiary/aromatic N) is 4. The SMILES string of the molecule is O=C1OCCN1C(=O)[C@@H]1[C@@H](c2ccc([N+](=O)[O-])cc2)C(c2ccc(F)cc2)=NN1c1ccccc1. The summed E-state index contributed by atoms with van der Waals surface area (Å²) in [4.78, 5) is 37.8. The lowest BCUT2D eigenvalue weighted by atomic mass is 9.84. The zero-order valence-electron chi connectivity index (χ0n) is 18.3. The van der Waals surface area contributed by atoms with E-state index >= 15 is 0 Å². The maximum atomic E-state index is 13.8. The lowest BCUT2D eigenvalue weighted by Crippen LogP contribution is -2.48. The predicted octanol–water partition coefficient (Wildman–Crippen LogP) is 4.09. The average molecular weight is 474 g/mol. The quantitative estimate of drug-likeness (QED) is 0.407. The highest BCUT2D eigenvalue weighted by Gasteiger charge is 2.48. The molecule has 0 spiro atoms. The Hall–Kier alpha value is -4.60. The van der Waals surface area contributed by atoms with Gasteiger partial charge in [-0.25, -0.2) is 14.1 Å². The van der Waals surface area contributed by atoms with Crippen molar-refractivity contribution in [2.24, 2.45) is 5.10 Å². The standard InChI is InChI=1S/C25H19FN4O5/c26-18-10-6-17(7-11-18)22-21(16-8-12-20(13-9-16)30(33)34)23(24(31)28-14-15-35-25(28)32)29(27-22)19-4-2-1-3-5-19/h1-13,21,23H,14-15H2/t21-,23-/m0/s1. The number of cyclic esters (lactones) is 1. The Morgan fingerprint density at radius 1 is 1.03 bits per heavy atom. The first-order valence-electron chi connectivity index (χ1n) is 10.9. The molecule has 9 nitrogen and oxygen atoms in total. The van der Waals surface area contributed by atoms with Crippen molar-refractivity contribution < 1.29 is 23.6 Å². The minimum absolute atomic E-state index is 0.0938. The molecule has 0 bridgehead atoms. The molecule has 2 heterocycles. The van der Waals surface area contributed by atoms with E-state index < -0.39 is 34.7 Å². The van der Waals surface area contributed by atoms with Gasteiger partial charge < -0.3 is 4.74 Å². The van der Waals surface area contributed by atoms with Gasteiger partial charge in [-0.1, -0.05) is 42.5 Å². The van der Waals surface area contributed by atoms with Gasteiger partial charge in [0.25, 0.3) is 11.6 Å². The van der Waals surface area contributed by atoms with E-state index in [0.29, 0.717) is 22.5 Å². The van der Waals surface area contributed by atoms with Crippen LogP contribution in [0, 0.1) is 15.9 Å². The van der Waals surface area contributed by atoms with Crippen LogP contribution in [-0.2, 0) is 9.53 Å². The van der Waals surface area contributed by atoms with Crippen molar-refractivity contribution >= 4 is 29.1 Å². The minimum atomic E-state index is -0.982. The molecular formula is C25H19FN4O5. The van der Waals surface area contributed by atoms with Crippen LogP contribution in [0.3, 0.4) is 0 Å². The first-order valence-corrected chi connectivity index (χ1v) is 10.9. The summed E-state index contributed by atoms with van der Waals surface area (Å²) in [6, 6.07) is 19.6. The highest BCUT2D eigenvalue weighted by Crippen LogP contribution is 2.39. The summed E-state index contributed by atoms with van der Waals surface area (Å²) in [5.74, 6) is -1.64. The molecule has 0 aromatic heterocycles. The number of hydrogen-bond acceptors (Lipinski definition) is 7. The maximum Gasteiger partial charge on any atom is 0.416 e. The minimum Gasteiger partial charge on any atom is -0.447 e. The Morgan fingerprint density at radius 3 is 2.31 bits per heavy atom. The van der Waals surface area contributed by atoms with E-state index in [-0.39, 0.29) is 18.8 Å². The third kappa shape index (κ3) is 4.10. The number of nitro benzene ring substituents is 1. The fraction of sp³-hybridized carbons (Fsp3) is 0.160. The first kappa shape index (κ1) is 22.2. The van der Waals surface area contributed by atoms with Crippen molar-refractivity contribution in [2.75, 3.05) is 18.2 Å². The smallest absolute Gasteiger partial charge is 0.416 e. The van der Waals surface area contributed by atoms with Gasteiger partial charge in [0, 0.05) is 12.1 Å². The Morgan fingerprint density at radius 2 is 1.71 bits per heavy atom. The zero-order valence-corrected chi connectivity index (χ0v) is 18.3. The second-order valence-electron chi connectivity index (χ2n) is 8.05. The largest absolute Gasteiger partial charge is 0.447 e. The van der Waals surface area contributed by atoms with Crippen LogP contribution in [0.5, 0.6) is 0 Å². The summed E-state index contributed by atoms with van der Waals surface area (Å²) in [6.45, 7) is 0.201. The number of rotatable bonds is 5. The molecule has 5 rings (SSSR count). The van der Waals surface area contributed by atoms with E-state index in [1.807, 2.05) is 6.07 Å². The second kappa shape index (κ2) is 8.98. The number of imide groups is 1. The molecule has 0 N–H and O–H groups in total. The van der Waals surface area contributed by atoms with E-state index in [1.165, 1.54) is 24.3 Å². The number of hydrogen-bond donors (Lipinski definition) is 0. The Bertz CT molecular complexity index is 1310. The van der Waals surface area contributed by atoms with E-state index in [0.717, 1.165) is 4.90 Å². The van der Waals surface area contributed by atoms with Gasteiger partial charge in [-0.15, -0.1) is 0 Å². The highest BCUT2D eigenvalue weighted by molar-refractivity contribution is 6.13. The van der Waals surface area contributed by atoms with Crippen LogP contribution >= 0.6 is 0 Å². The fourth-order valence-corrected chi connectivity index (χ4v) is 4.33. The van der Waals surface area contributed by atoms with Gasteiger partial charge >= 0.3 is 6.09 Å². The number of ether oxygens (including phenoxy) is 1. The molecule has 2 aliphatic heterocycles. The molecule has 0 saturated carbocycles. The number of benzene rings is 3. The summed E-state index contributed by atoms with van der Waals surface area (Å²) in [7, 11) is 0. The second-order valence-corrected chi connectivity index (χ2v) is 8.05. The molecule has 2 atom stereocenters. The molecule has 1 fully saturated rings. The summed E-state index contributed by atoms with van der Waals surface area (Å²) in [5.41, 5.74) is 2.15. The van der Waals surface area contributed by atoms with Gasteiger partial charge in [0.05, 0.1) is 28.8 Å². The Labute approximate surface area is 199 Å². The summed E-state index contributed by atoms with van der Waals surface area (Å²) in [6.07, 6.45) is -0.735. The third-order valence-electron chi connectivity index (χ3n) is 5.99. The summed E-state index contributed by atoms with van der Waals surface area (Å²) >= 11 is 0. The van der Waals surface area contributed by atoms with Crippen molar-refractivity contribution in [1.29, 1.82) is 0 Å². The molecule has 176 valence electrons. The molecule has 1 saturated heterocycles. The van der Waals surface area contributed by atoms with Gasteiger partial charge in [0.15, 0.2) is 0 Å². The first-order chi connectivity index (χ1) is 16.9. The van der Waals surface area contributed by atoms with Crippen LogP contribution in [0.4, 0.5) is 20.6 Å². The van der Waals surface area contributed by atoms with Gasteiger partial charge in [0.1, 0.15) is 18.5 Å². The van der Waals surface area contributed by atoms with Gasteiger partial charge in [-0.2, -0.15) is 5.10 Å². The predicted molar refractivity (Wildman–Crippen MR) is 125 cm³/mol. The average Bonchev–Trinajstić information content (AvgIpc) is 3.49. The van der Waals surface area contributed by atoms with Crippen LogP contribution in [-0.4, -0.2) is 46.7 Å². The topological polar surface area (TPSA) is 105 Å². The number of carbonyl (C=O) groups excluding carboxylic acids is 2. The normalized spacial score (nSPS) is 19.5. The van der Waals surface area contributed by atoms with Crippen LogP contribution < -0.4 is 5.01 Å². The zero-order chi connectivity index (χ0) is 24.5. The maximum absolute atomic E-state index is 13.8. The molecule has 35 heavy (non-hydrogen) atoms. The highest BCUT2D eigenvalue weighted by atomic mass is 19.1. The summed E-state index contributed by atoms with van der Waals surface area (Å²) in [5, 5.41) is 17.5. The number of anilines is 1. The molecule has 0 unspecified atom stereocenters. The van der Waals surface area contributed by atoms with Crippen molar-refractivity contribution in [1.82, 2.24) is 4.90 Å². The summed E-state index contributed by atoms with van der Waals surface area (Å²) < 4.78 is 18.7. The van der Waals surface area contributed by atoms with Gasteiger partial charge in [-0.3, -0.25) is 19.9 Å². The van der Waals surface area contributed by atoms with Gasteiger partial charge in [0.2, 0.25) is 0 Å². The third-order valence-corrected chi connectivity index (χ3v) is 5.99. The number of non-ortho nitro benzene ring substituents is 1. The lowest BCUT2D eigenvalue weighted by Gasteiger charge is -2.29. The molecule has 3 aromatic rings. The number of amides is 2. The monoisotopic (exact) mass is 474 g/mol. The Kier molecular flexibility index (Phi) is 5.69. The van der Waals surface area contributed by atoms with Crippen LogP contribution in [0.1, 0.15) is 17.0 Å². The van der Waals surface area contributed by atoms with E-state index in [2.05, 4.69) is 0 Å². The number of nitro groups is 1. The number of para-hydroxylation sites is 1.